The molecule has 0 bridgehead atoms. The number of nitriles is 1. The largest absolute Gasteiger partial charge is 0.368 e. The summed E-state index contributed by atoms with van der Waals surface area (Å²) in [5.41, 5.74) is 4.09. The molecule has 2 heterocycles. The van der Waals surface area contributed by atoms with Crippen LogP contribution in [0.4, 0.5) is 10.1 Å². The van der Waals surface area contributed by atoms with Crippen molar-refractivity contribution in [1.29, 1.82) is 5.26 Å². The highest BCUT2D eigenvalue weighted by molar-refractivity contribution is 5.61. The van der Waals surface area contributed by atoms with Gasteiger partial charge < -0.3 is 4.90 Å². The number of aryl methyl sites for hydroxylation is 1. The van der Waals surface area contributed by atoms with Crippen LogP contribution in [0.15, 0.2) is 30.5 Å². The number of hydrogen-bond donors (Lipinski definition) is 0. The second-order valence-corrected chi connectivity index (χ2v) is 7.77. The number of benzene rings is 1. The van der Waals surface area contributed by atoms with Crippen molar-refractivity contribution in [3.63, 3.8) is 0 Å². The van der Waals surface area contributed by atoms with E-state index in [2.05, 4.69) is 46.8 Å². The van der Waals surface area contributed by atoms with E-state index >= 15 is 0 Å². The van der Waals surface area contributed by atoms with Gasteiger partial charge in [0.15, 0.2) is 0 Å². The fourth-order valence-electron chi connectivity index (χ4n) is 3.56. The number of aromatic nitrogens is 1. The number of rotatable bonds is 5. The first kappa shape index (κ1) is 19.3. The maximum absolute atomic E-state index is 14.4. The van der Waals surface area contributed by atoms with Crippen LogP contribution in [0.5, 0.6) is 0 Å². The zero-order valence-electron chi connectivity index (χ0n) is 16.4. The molecule has 1 aromatic heterocycles. The van der Waals surface area contributed by atoms with E-state index in [-0.39, 0.29) is 5.56 Å². The van der Waals surface area contributed by atoms with Crippen LogP contribution in [0.2, 0.25) is 0 Å². The standard InChI is InChI=1S/C22H27FN4/c1-16(2)10-18-11-21(23)20(13-24)22(12-18)27-8-6-26(7-9-27)15-19-5-4-17(3)14-25-19/h4-5,11-12,14,16H,6-10,15H2,1-3H3. The molecule has 1 aliphatic rings. The van der Waals surface area contributed by atoms with Gasteiger partial charge in [-0.1, -0.05) is 19.9 Å². The molecule has 0 radical (unpaired) electrons. The lowest BCUT2D eigenvalue weighted by atomic mass is 9.99. The zero-order chi connectivity index (χ0) is 19.4. The van der Waals surface area contributed by atoms with Crippen LogP contribution in [0, 0.1) is 30.0 Å². The number of nitrogens with zero attached hydrogens (tertiary/aromatic N) is 4. The summed E-state index contributed by atoms with van der Waals surface area (Å²) in [4.78, 5) is 8.98. The van der Waals surface area contributed by atoms with Crippen LogP contribution in [-0.2, 0) is 13.0 Å². The molecule has 0 spiro atoms. The molecule has 1 saturated heterocycles. The van der Waals surface area contributed by atoms with Crippen molar-refractivity contribution < 1.29 is 4.39 Å². The Bertz CT molecular complexity index is 815. The molecule has 0 saturated carbocycles. The Balaban J connectivity index is 1.70. The predicted molar refractivity (Wildman–Crippen MR) is 106 cm³/mol. The van der Waals surface area contributed by atoms with Crippen LogP contribution >= 0.6 is 0 Å². The minimum Gasteiger partial charge on any atom is -0.368 e. The smallest absolute Gasteiger partial charge is 0.143 e. The average Bonchev–Trinajstić information content (AvgIpc) is 2.63. The summed E-state index contributed by atoms with van der Waals surface area (Å²) < 4.78 is 14.4. The number of anilines is 1. The molecule has 27 heavy (non-hydrogen) atoms. The van der Waals surface area contributed by atoms with Gasteiger partial charge in [-0.15, -0.1) is 0 Å². The Kier molecular flexibility index (Phi) is 6.08. The minimum atomic E-state index is -0.406. The first-order valence-corrected chi connectivity index (χ1v) is 9.57. The Labute approximate surface area is 161 Å². The van der Waals surface area contributed by atoms with Gasteiger partial charge in [0.05, 0.1) is 11.4 Å². The van der Waals surface area contributed by atoms with Gasteiger partial charge in [0, 0.05) is 38.9 Å². The third-order valence-electron chi connectivity index (χ3n) is 4.96. The van der Waals surface area contributed by atoms with Crippen LogP contribution in [-0.4, -0.2) is 36.1 Å². The fourth-order valence-corrected chi connectivity index (χ4v) is 3.56. The van der Waals surface area contributed by atoms with Gasteiger partial charge in [-0.25, -0.2) is 4.39 Å². The summed E-state index contributed by atoms with van der Waals surface area (Å²) >= 11 is 0. The van der Waals surface area contributed by atoms with E-state index in [4.69, 9.17) is 0 Å². The monoisotopic (exact) mass is 366 g/mol. The topological polar surface area (TPSA) is 43.2 Å². The number of pyridine rings is 1. The van der Waals surface area contributed by atoms with Crippen molar-refractivity contribution in [2.45, 2.75) is 33.7 Å². The Morgan fingerprint density at radius 3 is 2.52 bits per heavy atom. The summed E-state index contributed by atoms with van der Waals surface area (Å²) in [7, 11) is 0. The molecular formula is C22H27FN4. The first-order chi connectivity index (χ1) is 13.0. The summed E-state index contributed by atoms with van der Waals surface area (Å²) in [6, 6.07) is 9.73. The van der Waals surface area contributed by atoms with E-state index in [1.54, 1.807) is 0 Å². The minimum absolute atomic E-state index is 0.163. The van der Waals surface area contributed by atoms with Crippen molar-refractivity contribution in [3.05, 3.63) is 58.7 Å². The molecule has 0 unspecified atom stereocenters. The quantitative estimate of drug-likeness (QED) is 0.804. The second-order valence-electron chi connectivity index (χ2n) is 7.77. The second kappa shape index (κ2) is 8.49. The molecule has 1 fully saturated rings. The highest BCUT2D eigenvalue weighted by Crippen LogP contribution is 2.27. The molecule has 0 aliphatic carbocycles. The highest BCUT2D eigenvalue weighted by Gasteiger charge is 2.22. The number of hydrogen-bond acceptors (Lipinski definition) is 4. The fraction of sp³-hybridized carbons (Fsp3) is 0.455. The molecular weight excluding hydrogens is 339 g/mol. The Morgan fingerprint density at radius 1 is 1.19 bits per heavy atom. The molecule has 1 aliphatic heterocycles. The van der Waals surface area contributed by atoms with Gasteiger partial charge >= 0.3 is 0 Å². The van der Waals surface area contributed by atoms with E-state index in [0.29, 0.717) is 5.92 Å². The molecule has 2 aromatic rings. The molecule has 142 valence electrons. The predicted octanol–water partition coefficient (Wildman–Crippen LogP) is 3.92. The normalized spacial score (nSPS) is 15.2. The lowest BCUT2D eigenvalue weighted by molar-refractivity contribution is 0.247. The molecule has 0 N–H and O–H groups in total. The van der Waals surface area contributed by atoms with Crippen LogP contribution in [0.1, 0.15) is 36.2 Å². The lowest BCUT2D eigenvalue weighted by Crippen LogP contribution is -2.46. The van der Waals surface area contributed by atoms with Gasteiger partial charge in [-0.3, -0.25) is 9.88 Å². The van der Waals surface area contributed by atoms with Gasteiger partial charge in [0.25, 0.3) is 0 Å². The van der Waals surface area contributed by atoms with E-state index in [1.165, 1.54) is 6.07 Å². The number of piperazine rings is 1. The summed E-state index contributed by atoms with van der Waals surface area (Å²) in [5.74, 6) is 0.0426. The Hall–Kier alpha value is -2.45. The first-order valence-electron chi connectivity index (χ1n) is 9.57. The molecule has 0 atom stereocenters. The maximum Gasteiger partial charge on any atom is 0.143 e. The van der Waals surface area contributed by atoms with Crippen molar-refractivity contribution in [3.8, 4) is 6.07 Å². The Morgan fingerprint density at radius 2 is 1.93 bits per heavy atom. The lowest BCUT2D eigenvalue weighted by Gasteiger charge is -2.36. The van der Waals surface area contributed by atoms with Gasteiger partial charge in [-0.2, -0.15) is 5.26 Å². The van der Waals surface area contributed by atoms with Gasteiger partial charge in [-0.05, 0) is 48.6 Å². The van der Waals surface area contributed by atoms with E-state index in [0.717, 1.165) is 61.7 Å². The zero-order valence-corrected chi connectivity index (χ0v) is 16.4. The van der Waals surface area contributed by atoms with Crippen LogP contribution in [0.3, 0.4) is 0 Å². The summed E-state index contributed by atoms with van der Waals surface area (Å²) in [5, 5.41) is 9.44. The van der Waals surface area contributed by atoms with Crippen molar-refractivity contribution in [2.24, 2.45) is 5.92 Å². The molecule has 4 nitrogen and oxygen atoms in total. The molecule has 5 heteroatoms. The third kappa shape index (κ3) is 4.84. The van der Waals surface area contributed by atoms with E-state index in [1.807, 2.05) is 19.2 Å². The van der Waals surface area contributed by atoms with Crippen LogP contribution in [0.25, 0.3) is 0 Å². The summed E-state index contributed by atoms with van der Waals surface area (Å²) in [6.07, 6.45) is 2.71. The van der Waals surface area contributed by atoms with Crippen molar-refractivity contribution in [1.82, 2.24) is 9.88 Å². The molecule has 3 rings (SSSR count). The van der Waals surface area contributed by atoms with E-state index in [9.17, 15) is 9.65 Å². The third-order valence-corrected chi connectivity index (χ3v) is 4.96. The maximum atomic E-state index is 14.4. The van der Waals surface area contributed by atoms with E-state index < -0.39 is 5.82 Å². The summed E-state index contributed by atoms with van der Waals surface area (Å²) in [6.45, 7) is 10.4. The molecule has 0 amide bonds. The van der Waals surface area contributed by atoms with Crippen molar-refractivity contribution >= 4 is 5.69 Å². The number of halogens is 1. The van der Waals surface area contributed by atoms with Gasteiger partial charge in [0.2, 0.25) is 0 Å². The van der Waals surface area contributed by atoms with Gasteiger partial charge in [0.1, 0.15) is 17.4 Å². The van der Waals surface area contributed by atoms with Crippen LogP contribution < -0.4 is 4.90 Å². The van der Waals surface area contributed by atoms with Crippen molar-refractivity contribution in [2.75, 3.05) is 31.1 Å². The SMILES string of the molecule is Cc1ccc(CN2CCN(c3cc(CC(C)C)cc(F)c3C#N)CC2)nc1. The average molecular weight is 366 g/mol. The molecule has 1 aromatic carbocycles. The highest BCUT2D eigenvalue weighted by atomic mass is 19.1.